The number of ketones is 1. The molecule has 9 aromatic carbocycles. The fraction of sp³-hybridized carbons (Fsp3) is 0.0563. The molecule has 0 radical (unpaired) electrons. The zero-order valence-electron chi connectivity index (χ0n) is 42.0. The van der Waals surface area contributed by atoms with Crippen LogP contribution in [-0.2, 0) is 11.2 Å². The van der Waals surface area contributed by atoms with Crippen LogP contribution in [0.15, 0.2) is 267 Å². The molecule has 0 aliphatic heterocycles. The van der Waals surface area contributed by atoms with Crippen molar-refractivity contribution in [3.63, 3.8) is 0 Å². The lowest BCUT2D eigenvalue weighted by Gasteiger charge is -2.19. The Morgan fingerprint density at radius 3 is 1.35 bits per heavy atom. The maximum absolute atomic E-state index is 14.0. The van der Waals surface area contributed by atoms with Crippen LogP contribution < -0.4 is 0 Å². The molecule has 0 unspecified atom stereocenters. The van der Waals surface area contributed by atoms with Gasteiger partial charge in [0.25, 0.3) is 0 Å². The highest BCUT2D eigenvalue weighted by Crippen LogP contribution is 2.44. The van der Waals surface area contributed by atoms with E-state index < -0.39 is 0 Å². The molecule has 0 aliphatic rings. The Bertz CT molecular complexity index is 3840. The second-order valence-corrected chi connectivity index (χ2v) is 19.0. The van der Waals surface area contributed by atoms with Gasteiger partial charge in [0.1, 0.15) is 5.76 Å². The highest BCUT2D eigenvalue weighted by molar-refractivity contribution is 6.21. The Hall–Kier alpha value is -9.51. The first kappa shape index (κ1) is 47.8. The number of aliphatic hydroxyl groups excluding tert-OH is 1. The number of Topliss-reactive ketones (excluding diaryl/α,β-unsaturated/α-hetero) is 1. The molecule has 4 nitrogen and oxygen atoms in total. The molecule has 0 atom stereocenters. The van der Waals surface area contributed by atoms with Crippen LogP contribution in [-0.4, -0.2) is 20.9 Å². The van der Waals surface area contributed by atoms with Crippen molar-refractivity contribution in [1.82, 2.24) is 9.97 Å². The largest absolute Gasteiger partial charge is 0.512 e. The lowest BCUT2D eigenvalue weighted by Crippen LogP contribution is -2.06. The number of aliphatic hydroxyl groups is 1. The molecule has 0 aliphatic carbocycles. The van der Waals surface area contributed by atoms with Crippen molar-refractivity contribution < 1.29 is 9.90 Å². The predicted octanol–water partition coefficient (Wildman–Crippen LogP) is 18.3. The lowest BCUT2D eigenvalue weighted by atomic mass is 9.85. The molecule has 0 amide bonds. The van der Waals surface area contributed by atoms with Crippen LogP contribution >= 0.6 is 0 Å². The molecule has 2 heterocycles. The summed E-state index contributed by atoms with van der Waals surface area (Å²) < 4.78 is 0. The zero-order valence-corrected chi connectivity index (χ0v) is 42.0. The average molecular weight is 967 g/mol. The van der Waals surface area contributed by atoms with Crippen molar-refractivity contribution in [1.29, 1.82) is 0 Å². The van der Waals surface area contributed by atoms with Crippen LogP contribution in [0.5, 0.6) is 0 Å². The molecule has 2 aromatic heterocycles. The zero-order chi connectivity index (χ0) is 51.1. The molecule has 1 N–H and O–H groups in total. The van der Waals surface area contributed by atoms with Crippen molar-refractivity contribution in [3.8, 4) is 100 Å². The molecule has 11 rings (SSSR count). The summed E-state index contributed by atoms with van der Waals surface area (Å²) in [4.78, 5) is 24.0. The van der Waals surface area contributed by atoms with Crippen LogP contribution in [0.3, 0.4) is 0 Å². The van der Waals surface area contributed by atoms with E-state index in [0.717, 1.165) is 106 Å². The highest BCUT2D eigenvalue weighted by Gasteiger charge is 2.20. The summed E-state index contributed by atoms with van der Waals surface area (Å²) in [5.74, 6) is -0.0797. The van der Waals surface area contributed by atoms with Crippen molar-refractivity contribution >= 4 is 11.4 Å². The van der Waals surface area contributed by atoms with E-state index in [2.05, 4.69) is 207 Å². The minimum Gasteiger partial charge on any atom is -0.512 e. The van der Waals surface area contributed by atoms with E-state index in [0.29, 0.717) is 17.6 Å². The molecule has 0 fully saturated rings. The monoisotopic (exact) mass is 966 g/mol. The molecule has 0 saturated heterocycles. The summed E-state index contributed by atoms with van der Waals surface area (Å²) in [5, 5.41) is 10.8. The highest BCUT2D eigenvalue weighted by atomic mass is 16.3. The number of aryl methyl sites for hydroxylation is 2. The van der Waals surface area contributed by atoms with Gasteiger partial charge in [0.15, 0.2) is 5.78 Å². The molecular weight excluding hydrogens is 913 g/mol. The van der Waals surface area contributed by atoms with Gasteiger partial charge in [0, 0.05) is 41.1 Å². The number of benzene rings is 9. The molecule has 0 bridgehead atoms. The van der Waals surface area contributed by atoms with Crippen LogP contribution in [0.4, 0.5) is 0 Å². The second-order valence-electron chi connectivity index (χ2n) is 19.0. The maximum atomic E-state index is 14.0. The molecule has 0 spiro atoms. The molecule has 4 heteroatoms. The Labute approximate surface area is 439 Å². The Morgan fingerprint density at radius 1 is 0.373 bits per heavy atom. The van der Waals surface area contributed by atoms with Crippen LogP contribution in [0.2, 0.25) is 0 Å². The summed E-state index contributed by atoms with van der Waals surface area (Å²) in [7, 11) is 0. The molecular formula is C71H54N2O2. The van der Waals surface area contributed by atoms with Crippen molar-refractivity contribution in [2.24, 2.45) is 0 Å². The predicted molar refractivity (Wildman–Crippen MR) is 311 cm³/mol. The number of pyridine rings is 2. The first-order valence-corrected chi connectivity index (χ1v) is 25.5. The quantitative estimate of drug-likeness (QED) is 0.0871. The van der Waals surface area contributed by atoms with Crippen LogP contribution in [0.25, 0.3) is 106 Å². The minimum absolute atomic E-state index is 0.0217. The van der Waals surface area contributed by atoms with E-state index >= 15 is 0 Å². The average Bonchev–Trinajstić information content (AvgIpc) is 3.47. The van der Waals surface area contributed by atoms with E-state index in [4.69, 9.17) is 9.97 Å². The standard InChI is InChI=1S/C71H54N2O2/c1-48-41-68(72-46-66(48)51-23-9-4-10-24-51)55-37-35-53(36-38-55)61-31-17-18-32-62(61)58-42-57(60-30-16-15-25-52(60)39-40-70(75)71(49(2)74)56-28-13-6-14-29-56)43-59(44-58)63-33-19-20-34-64(63)67-47-73-69(54-26-11-5-12-27-54)45-65(67)50-21-7-3-8-22-50/h3-38,41-47,74H,39-40H2,1-2H3/b71-49-. The van der Waals surface area contributed by atoms with E-state index in [1.165, 1.54) is 5.56 Å². The SMILES string of the molecule is C/C(O)=C(/C(=O)CCc1ccccc1-c1cc(-c2ccccc2-c2ccc(-c3cc(C)c(-c4ccccc4)cn3)cc2)cc(-c2ccccc2-c2cnc(-c3ccccc3)cc2-c2ccccc2)c1)c1ccccc1. The summed E-state index contributed by atoms with van der Waals surface area (Å²) in [6.07, 6.45) is 4.73. The number of carbonyl (C=O) groups excluding carboxylic acids is 1. The van der Waals surface area contributed by atoms with Crippen LogP contribution in [0.1, 0.15) is 30.0 Å². The Morgan fingerprint density at radius 2 is 0.773 bits per heavy atom. The van der Waals surface area contributed by atoms with Gasteiger partial charge in [-0.05, 0) is 134 Å². The van der Waals surface area contributed by atoms with Gasteiger partial charge >= 0.3 is 0 Å². The van der Waals surface area contributed by atoms with E-state index in [-0.39, 0.29) is 18.0 Å². The number of hydrogen-bond acceptors (Lipinski definition) is 4. The molecule has 0 saturated carbocycles. The van der Waals surface area contributed by atoms with Gasteiger partial charge in [-0.2, -0.15) is 0 Å². The fourth-order valence-electron chi connectivity index (χ4n) is 10.4. The third kappa shape index (κ3) is 10.3. The minimum atomic E-state index is -0.101. The van der Waals surface area contributed by atoms with Gasteiger partial charge in [-0.3, -0.25) is 14.8 Å². The van der Waals surface area contributed by atoms with Crippen molar-refractivity contribution in [2.45, 2.75) is 26.7 Å². The molecule has 11 aromatic rings. The number of rotatable bonds is 14. The molecule has 75 heavy (non-hydrogen) atoms. The summed E-state index contributed by atoms with van der Waals surface area (Å²) >= 11 is 0. The number of allylic oxidation sites excluding steroid dienone is 2. The second kappa shape index (κ2) is 21.7. The Balaban J connectivity index is 1.03. The topological polar surface area (TPSA) is 63.1 Å². The van der Waals surface area contributed by atoms with Gasteiger partial charge in [-0.1, -0.05) is 218 Å². The summed E-state index contributed by atoms with van der Waals surface area (Å²) in [5.41, 5.74) is 22.4. The van der Waals surface area contributed by atoms with Crippen LogP contribution in [0, 0.1) is 6.92 Å². The van der Waals surface area contributed by atoms with E-state index in [1.807, 2.05) is 60.9 Å². The van der Waals surface area contributed by atoms with Gasteiger partial charge < -0.3 is 5.11 Å². The molecule has 360 valence electrons. The normalized spacial score (nSPS) is 11.5. The number of hydrogen-bond donors (Lipinski definition) is 1. The third-order valence-corrected chi connectivity index (χ3v) is 14.1. The van der Waals surface area contributed by atoms with Gasteiger partial charge in [0.2, 0.25) is 0 Å². The Kier molecular flexibility index (Phi) is 13.8. The first-order valence-electron chi connectivity index (χ1n) is 25.5. The van der Waals surface area contributed by atoms with E-state index in [9.17, 15) is 9.90 Å². The lowest BCUT2D eigenvalue weighted by molar-refractivity contribution is -0.113. The number of carbonyl (C=O) groups is 1. The smallest absolute Gasteiger partial charge is 0.167 e. The van der Waals surface area contributed by atoms with Crippen molar-refractivity contribution in [3.05, 3.63) is 284 Å². The van der Waals surface area contributed by atoms with Gasteiger partial charge in [-0.25, -0.2) is 0 Å². The van der Waals surface area contributed by atoms with Gasteiger partial charge in [0.05, 0.1) is 17.0 Å². The van der Waals surface area contributed by atoms with Crippen molar-refractivity contribution in [2.75, 3.05) is 0 Å². The first-order chi connectivity index (χ1) is 36.9. The fourth-order valence-corrected chi connectivity index (χ4v) is 10.4. The van der Waals surface area contributed by atoms with Gasteiger partial charge in [-0.15, -0.1) is 0 Å². The summed E-state index contributed by atoms with van der Waals surface area (Å²) in [6.45, 7) is 3.74. The third-order valence-electron chi connectivity index (χ3n) is 14.1. The number of aromatic nitrogens is 2. The number of nitrogens with zero attached hydrogens (tertiary/aromatic N) is 2. The summed E-state index contributed by atoms with van der Waals surface area (Å²) in [6, 6.07) is 86.4. The maximum Gasteiger partial charge on any atom is 0.167 e. The van der Waals surface area contributed by atoms with E-state index in [1.54, 1.807) is 6.92 Å².